The van der Waals surface area contributed by atoms with Gasteiger partial charge in [0.2, 0.25) is 0 Å². The van der Waals surface area contributed by atoms with Crippen LogP contribution in [0.15, 0.2) is 48.5 Å². The molecule has 0 atom stereocenters. The first-order valence-electron chi connectivity index (χ1n) is 4.96. The second-order valence-electron chi connectivity index (χ2n) is 3.65. The maximum atomic E-state index is 2.30. The third kappa shape index (κ3) is 1.04. The number of hydrogen-bond donors (Lipinski definition) is 0. The van der Waals surface area contributed by atoms with Crippen LogP contribution in [0.25, 0.3) is 11.1 Å². The minimum Gasteiger partial charge on any atom is -0.0618 e. The molecule has 0 unspecified atom stereocenters. The van der Waals surface area contributed by atoms with Crippen molar-refractivity contribution in [1.29, 1.82) is 0 Å². The van der Waals surface area contributed by atoms with Crippen LogP contribution >= 0.6 is 0 Å². The molecular formula is C14H11+. The van der Waals surface area contributed by atoms with Gasteiger partial charge < -0.3 is 0 Å². The van der Waals surface area contributed by atoms with Crippen molar-refractivity contribution in [1.82, 2.24) is 0 Å². The van der Waals surface area contributed by atoms with E-state index >= 15 is 0 Å². The maximum Gasteiger partial charge on any atom is 0.138 e. The van der Waals surface area contributed by atoms with Crippen molar-refractivity contribution in [2.45, 2.75) is 6.42 Å². The van der Waals surface area contributed by atoms with Gasteiger partial charge >= 0.3 is 0 Å². The molecule has 0 N–H and O–H groups in total. The third-order valence-corrected chi connectivity index (χ3v) is 2.81. The molecule has 1 aliphatic carbocycles. The minimum absolute atomic E-state index is 1.06. The summed E-state index contributed by atoms with van der Waals surface area (Å²) in [5, 5.41) is 0. The van der Waals surface area contributed by atoms with E-state index in [0.717, 1.165) is 6.42 Å². The predicted molar refractivity (Wildman–Crippen MR) is 59.0 cm³/mol. The monoisotopic (exact) mass is 179 g/mol. The van der Waals surface area contributed by atoms with E-state index in [-0.39, 0.29) is 0 Å². The van der Waals surface area contributed by atoms with Crippen LogP contribution in [0.3, 0.4) is 0 Å². The summed E-state index contributed by atoms with van der Waals surface area (Å²) >= 11 is 0. The lowest BCUT2D eigenvalue weighted by Crippen LogP contribution is -2.00. The Hall–Kier alpha value is -1.69. The average molecular weight is 179 g/mol. The summed E-state index contributed by atoms with van der Waals surface area (Å²) in [5.74, 6) is 0. The molecule has 0 amide bonds. The molecule has 2 aromatic rings. The molecule has 14 heavy (non-hydrogen) atoms. The molecule has 1 aliphatic rings. The molecular weight excluding hydrogens is 168 g/mol. The fourth-order valence-corrected chi connectivity index (χ4v) is 2.10. The van der Waals surface area contributed by atoms with Crippen LogP contribution in [0.5, 0.6) is 0 Å². The van der Waals surface area contributed by atoms with Gasteiger partial charge in [0.25, 0.3) is 0 Å². The van der Waals surface area contributed by atoms with Crippen molar-refractivity contribution in [3.05, 3.63) is 66.1 Å². The predicted octanol–water partition coefficient (Wildman–Crippen LogP) is 3.46. The van der Waals surface area contributed by atoms with Gasteiger partial charge in [-0.05, 0) is 23.8 Å². The standard InChI is InChI=1S/C14H11/c1-3-7-13-11(5-1)9-10-12-6-2-4-8-14(12)13/h1-9H,10H2/q+1. The smallest absolute Gasteiger partial charge is 0.0618 e. The van der Waals surface area contributed by atoms with E-state index in [1.54, 1.807) is 0 Å². The van der Waals surface area contributed by atoms with Crippen LogP contribution < -0.4 is 0 Å². The molecule has 0 aromatic heterocycles. The Morgan fingerprint density at radius 2 is 1.50 bits per heavy atom. The normalized spacial score (nSPS) is 12.6. The molecule has 0 bridgehead atoms. The summed E-state index contributed by atoms with van der Waals surface area (Å²) in [6, 6.07) is 17.2. The van der Waals surface area contributed by atoms with Gasteiger partial charge in [-0.2, -0.15) is 0 Å². The second-order valence-corrected chi connectivity index (χ2v) is 3.65. The summed E-state index contributed by atoms with van der Waals surface area (Å²) in [7, 11) is 0. The summed E-state index contributed by atoms with van der Waals surface area (Å²) < 4.78 is 0. The lowest BCUT2D eigenvalue weighted by atomic mass is 9.86. The van der Waals surface area contributed by atoms with Crippen LogP contribution in [0.4, 0.5) is 0 Å². The van der Waals surface area contributed by atoms with E-state index in [1.807, 2.05) is 0 Å². The number of fused-ring (bicyclic) bond motifs is 3. The average Bonchev–Trinajstić information content (AvgIpc) is 2.29. The molecule has 0 fully saturated rings. The van der Waals surface area contributed by atoms with Crippen LogP contribution in [-0.4, -0.2) is 0 Å². The molecule has 0 heteroatoms. The van der Waals surface area contributed by atoms with Crippen LogP contribution in [0, 0.1) is 6.42 Å². The summed E-state index contributed by atoms with van der Waals surface area (Å²) in [6.45, 7) is 0. The molecule has 2 aromatic carbocycles. The van der Waals surface area contributed by atoms with Crippen LogP contribution in [0.1, 0.15) is 11.1 Å². The first-order valence-corrected chi connectivity index (χ1v) is 4.96. The Kier molecular flexibility index (Phi) is 1.60. The Bertz CT molecular complexity index is 423. The Morgan fingerprint density at radius 1 is 0.786 bits per heavy atom. The molecule has 0 radical (unpaired) electrons. The lowest BCUT2D eigenvalue weighted by Gasteiger charge is -2.11. The minimum atomic E-state index is 1.06. The maximum absolute atomic E-state index is 2.30. The summed E-state index contributed by atoms with van der Waals surface area (Å²) in [5.41, 5.74) is 5.57. The highest BCUT2D eigenvalue weighted by molar-refractivity contribution is 5.74. The highest BCUT2D eigenvalue weighted by Gasteiger charge is 2.21. The van der Waals surface area contributed by atoms with Gasteiger partial charge in [0, 0.05) is 30.5 Å². The number of rotatable bonds is 0. The van der Waals surface area contributed by atoms with Crippen LogP contribution in [0.2, 0.25) is 0 Å². The van der Waals surface area contributed by atoms with Gasteiger partial charge in [0.05, 0.1) is 5.56 Å². The van der Waals surface area contributed by atoms with Crippen molar-refractivity contribution < 1.29 is 0 Å². The molecule has 0 spiro atoms. The summed E-state index contributed by atoms with van der Waals surface area (Å²) in [6.07, 6.45) is 3.37. The lowest BCUT2D eigenvalue weighted by molar-refractivity contribution is 1.14. The first kappa shape index (κ1) is 7.69. The van der Waals surface area contributed by atoms with Crippen molar-refractivity contribution in [2.24, 2.45) is 0 Å². The molecule has 0 saturated carbocycles. The Labute approximate surface area is 84.2 Å². The molecule has 0 heterocycles. The van der Waals surface area contributed by atoms with E-state index in [2.05, 4.69) is 55.0 Å². The van der Waals surface area contributed by atoms with E-state index in [4.69, 9.17) is 0 Å². The van der Waals surface area contributed by atoms with Gasteiger partial charge in [-0.3, -0.25) is 0 Å². The largest absolute Gasteiger partial charge is 0.138 e. The molecule has 0 nitrogen and oxygen atoms in total. The second kappa shape index (κ2) is 2.91. The quantitative estimate of drug-likeness (QED) is 0.543. The van der Waals surface area contributed by atoms with Crippen molar-refractivity contribution >= 4 is 0 Å². The highest BCUT2D eigenvalue weighted by Crippen LogP contribution is 2.33. The van der Waals surface area contributed by atoms with E-state index < -0.39 is 0 Å². The van der Waals surface area contributed by atoms with Crippen LogP contribution in [-0.2, 0) is 6.42 Å². The van der Waals surface area contributed by atoms with Gasteiger partial charge in [0.1, 0.15) is 5.56 Å². The van der Waals surface area contributed by atoms with Crippen molar-refractivity contribution in [3.8, 4) is 11.1 Å². The van der Waals surface area contributed by atoms with Gasteiger partial charge in [0.15, 0.2) is 0 Å². The highest BCUT2D eigenvalue weighted by atomic mass is 14.2. The fourth-order valence-electron chi connectivity index (χ4n) is 2.10. The number of hydrogen-bond acceptors (Lipinski definition) is 0. The molecule has 3 rings (SSSR count). The number of benzene rings is 2. The summed E-state index contributed by atoms with van der Waals surface area (Å²) in [4.78, 5) is 0. The van der Waals surface area contributed by atoms with Crippen molar-refractivity contribution in [2.75, 3.05) is 0 Å². The zero-order valence-electron chi connectivity index (χ0n) is 7.90. The first-order chi connectivity index (χ1) is 6.95. The fraction of sp³-hybridized carbons (Fsp3) is 0.0714. The Morgan fingerprint density at radius 3 is 2.43 bits per heavy atom. The molecule has 0 aliphatic heterocycles. The molecule has 0 saturated heterocycles. The van der Waals surface area contributed by atoms with Gasteiger partial charge in [-0.15, -0.1) is 0 Å². The Balaban J connectivity index is 2.29. The van der Waals surface area contributed by atoms with Crippen molar-refractivity contribution in [3.63, 3.8) is 0 Å². The molecule has 66 valence electrons. The topological polar surface area (TPSA) is 0 Å². The zero-order chi connectivity index (χ0) is 9.38. The van der Waals surface area contributed by atoms with E-state index in [9.17, 15) is 0 Å². The zero-order valence-corrected chi connectivity index (χ0v) is 7.90. The van der Waals surface area contributed by atoms with Gasteiger partial charge in [-0.1, -0.05) is 18.2 Å². The van der Waals surface area contributed by atoms with Gasteiger partial charge in [-0.25, -0.2) is 0 Å². The third-order valence-electron chi connectivity index (χ3n) is 2.81. The van der Waals surface area contributed by atoms with E-state index in [0.29, 0.717) is 0 Å². The SMILES string of the molecule is c1ccc2c(c1)[CH+]Cc1ccccc1-2. The van der Waals surface area contributed by atoms with E-state index in [1.165, 1.54) is 22.3 Å².